The van der Waals surface area contributed by atoms with Crippen LogP contribution in [0.3, 0.4) is 0 Å². The van der Waals surface area contributed by atoms with Crippen LogP contribution in [0.25, 0.3) is 0 Å². The first kappa shape index (κ1) is 17.4. The first-order chi connectivity index (χ1) is 10.2. The number of rotatable bonds is 10. The van der Waals surface area contributed by atoms with Crippen LogP contribution >= 0.6 is 0 Å². The van der Waals surface area contributed by atoms with E-state index in [1.807, 2.05) is 25.1 Å². The predicted molar refractivity (Wildman–Crippen MR) is 80.7 cm³/mol. The van der Waals surface area contributed by atoms with Crippen LogP contribution in [0.5, 0.6) is 0 Å². The summed E-state index contributed by atoms with van der Waals surface area (Å²) in [5, 5.41) is 11.6. The maximum atomic E-state index is 8.64. The van der Waals surface area contributed by atoms with Crippen LogP contribution in [0.4, 0.5) is 0 Å². The van der Waals surface area contributed by atoms with Crippen molar-refractivity contribution >= 4 is 5.84 Å². The van der Waals surface area contributed by atoms with Gasteiger partial charge in [0.15, 0.2) is 5.84 Å². The SMILES string of the molecule is COCCCOCCOCc1ccc(/C(N)=N/O)cc1C. The molecule has 1 aromatic rings. The second-order valence-electron chi connectivity index (χ2n) is 4.64. The van der Waals surface area contributed by atoms with E-state index >= 15 is 0 Å². The Bertz CT molecular complexity index is 449. The third-order valence-electron chi connectivity index (χ3n) is 3.01. The minimum atomic E-state index is 0.107. The summed E-state index contributed by atoms with van der Waals surface area (Å²) in [7, 11) is 1.68. The van der Waals surface area contributed by atoms with Crippen LogP contribution in [0, 0.1) is 6.92 Å². The summed E-state index contributed by atoms with van der Waals surface area (Å²) in [6.07, 6.45) is 0.894. The summed E-state index contributed by atoms with van der Waals surface area (Å²) in [4.78, 5) is 0. The Hall–Kier alpha value is -1.63. The zero-order valence-electron chi connectivity index (χ0n) is 12.7. The molecule has 0 spiro atoms. The molecule has 0 amide bonds. The van der Waals surface area contributed by atoms with E-state index in [0.29, 0.717) is 38.6 Å². The average molecular weight is 296 g/mol. The first-order valence-electron chi connectivity index (χ1n) is 6.91. The van der Waals surface area contributed by atoms with Gasteiger partial charge in [0.1, 0.15) is 0 Å². The minimum absolute atomic E-state index is 0.107. The Morgan fingerprint density at radius 1 is 1.19 bits per heavy atom. The summed E-state index contributed by atoms with van der Waals surface area (Å²) in [6.45, 7) is 5.01. The van der Waals surface area contributed by atoms with Gasteiger partial charge in [-0.05, 0) is 30.5 Å². The standard InChI is InChI=1S/C15H24N2O4/c1-12-10-13(15(16)17-18)4-5-14(12)11-21-9-8-20-7-3-6-19-2/h4-5,10,18H,3,6-9,11H2,1-2H3,(H2,16,17). The zero-order chi connectivity index (χ0) is 15.5. The van der Waals surface area contributed by atoms with Crippen LogP contribution < -0.4 is 5.73 Å². The maximum absolute atomic E-state index is 8.64. The Morgan fingerprint density at radius 2 is 1.95 bits per heavy atom. The Morgan fingerprint density at radius 3 is 2.62 bits per heavy atom. The lowest BCUT2D eigenvalue weighted by atomic mass is 10.1. The molecule has 0 saturated heterocycles. The quantitative estimate of drug-likeness (QED) is 0.225. The molecule has 21 heavy (non-hydrogen) atoms. The number of ether oxygens (including phenoxy) is 3. The molecule has 0 fully saturated rings. The average Bonchev–Trinajstić information content (AvgIpc) is 2.50. The molecule has 0 aliphatic carbocycles. The van der Waals surface area contributed by atoms with Crippen LogP contribution in [-0.4, -0.2) is 44.6 Å². The van der Waals surface area contributed by atoms with Crippen molar-refractivity contribution in [1.82, 2.24) is 0 Å². The van der Waals surface area contributed by atoms with E-state index in [9.17, 15) is 0 Å². The molecule has 0 heterocycles. The van der Waals surface area contributed by atoms with Gasteiger partial charge in [-0.15, -0.1) is 0 Å². The third kappa shape index (κ3) is 6.57. The van der Waals surface area contributed by atoms with Gasteiger partial charge >= 0.3 is 0 Å². The second kappa shape index (κ2) is 10.1. The number of nitrogens with zero attached hydrogens (tertiary/aromatic N) is 1. The van der Waals surface area contributed by atoms with Gasteiger partial charge < -0.3 is 25.2 Å². The van der Waals surface area contributed by atoms with Crippen molar-refractivity contribution in [3.05, 3.63) is 34.9 Å². The number of methoxy groups -OCH3 is 1. The highest BCUT2D eigenvalue weighted by atomic mass is 16.5. The number of nitrogens with two attached hydrogens (primary N) is 1. The minimum Gasteiger partial charge on any atom is -0.409 e. The third-order valence-corrected chi connectivity index (χ3v) is 3.01. The van der Waals surface area contributed by atoms with Gasteiger partial charge in [-0.1, -0.05) is 17.3 Å². The van der Waals surface area contributed by atoms with Gasteiger partial charge in [0.2, 0.25) is 0 Å². The van der Waals surface area contributed by atoms with Crippen LogP contribution in [0.15, 0.2) is 23.4 Å². The molecule has 1 rings (SSSR count). The lowest BCUT2D eigenvalue weighted by Crippen LogP contribution is -2.13. The number of amidine groups is 1. The molecule has 6 nitrogen and oxygen atoms in total. The van der Waals surface area contributed by atoms with Crippen molar-refractivity contribution in [1.29, 1.82) is 0 Å². The first-order valence-corrected chi connectivity index (χ1v) is 6.91. The molecule has 0 bridgehead atoms. The number of benzene rings is 1. The normalized spacial score (nSPS) is 11.8. The summed E-state index contributed by atoms with van der Waals surface area (Å²) in [6, 6.07) is 5.60. The molecular weight excluding hydrogens is 272 g/mol. The second-order valence-corrected chi connectivity index (χ2v) is 4.64. The molecule has 0 aliphatic rings. The van der Waals surface area contributed by atoms with E-state index in [0.717, 1.165) is 17.5 Å². The van der Waals surface area contributed by atoms with Crippen LogP contribution in [0.1, 0.15) is 23.1 Å². The van der Waals surface area contributed by atoms with Crippen molar-refractivity contribution in [2.45, 2.75) is 20.0 Å². The van der Waals surface area contributed by atoms with Crippen LogP contribution in [-0.2, 0) is 20.8 Å². The largest absolute Gasteiger partial charge is 0.409 e. The fourth-order valence-corrected chi connectivity index (χ4v) is 1.78. The molecule has 0 saturated carbocycles. The van der Waals surface area contributed by atoms with Gasteiger partial charge in [-0.3, -0.25) is 0 Å². The summed E-state index contributed by atoms with van der Waals surface area (Å²) >= 11 is 0. The number of hydrogen-bond acceptors (Lipinski definition) is 5. The molecule has 1 aromatic carbocycles. The highest BCUT2D eigenvalue weighted by molar-refractivity contribution is 5.97. The van der Waals surface area contributed by atoms with E-state index in [1.54, 1.807) is 7.11 Å². The van der Waals surface area contributed by atoms with E-state index in [1.165, 1.54) is 0 Å². The molecule has 6 heteroatoms. The van der Waals surface area contributed by atoms with Crippen molar-refractivity contribution in [2.24, 2.45) is 10.9 Å². The molecule has 0 aromatic heterocycles. The van der Waals surface area contributed by atoms with Gasteiger partial charge in [0.25, 0.3) is 0 Å². The van der Waals surface area contributed by atoms with Gasteiger partial charge in [-0.2, -0.15) is 0 Å². The lowest BCUT2D eigenvalue weighted by molar-refractivity contribution is 0.0335. The number of oxime groups is 1. The smallest absolute Gasteiger partial charge is 0.170 e. The summed E-state index contributed by atoms with van der Waals surface area (Å²) in [5.74, 6) is 0.107. The maximum Gasteiger partial charge on any atom is 0.170 e. The van der Waals surface area contributed by atoms with E-state index in [4.69, 9.17) is 25.2 Å². The monoisotopic (exact) mass is 296 g/mol. The van der Waals surface area contributed by atoms with Gasteiger partial charge in [-0.25, -0.2) is 0 Å². The van der Waals surface area contributed by atoms with E-state index in [2.05, 4.69) is 5.16 Å². The van der Waals surface area contributed by atoms with Crippen molar-refractivity contribution in [2.75, 3.05) is 33.5 Å². The zero-order valence-corrected chi connectivity index (χ0v) is 12.7. The molecule has 3 N–H and O–H groups in total. The Kier molecular flexibility index (Phi) is 8.42. The summed E-state index contributed by atoms with van der Waals surface area (Å²) in [5.41, 5.74) is 8.36. The number of aryl methyl sites for hydroxylation is 1. The van der Waals surface area contributed by atoms with Crippen LogP contribution in [0.2, 0.25) is 0 Å². The van der Waals surface area contributed by atoms with Crippen molar-refractivity contribution in [3.63, 3.8) is 0 Å². The number of hydrogen-bond donors (Lipinski definition) is 2. The Labute approximate surface area is 125 Å². The highest BCUT2D eigenvalue weighted by Crippen LogP contribution is 2.12. The van der Waals surface area contributed by atoms with Crippen molar-refractivity contribution < 1.29 is 19.4 Å². The fraction of sp³-hybridized carbons (Fsp3) is 0.533. The predicted octanol–water partition coefficient (Wildman–Crippen LogP) is 1.66. The topological polar surface area (TPSA) is 86.3 Å². The molecule has 118 valence electrons. The molecule has 0 aliphatic heterocycles. The van der Waals surface area contributed by atoms with E-state index in [-0.39, 0.29) is 5.84 Å². The van der Waals surface area contributed by atoms with E-state index < -0.39 is 0 Å². The van der Waals surface area contributed by atoms with Crippen molar-refractivity contribution in [3.8, 4) is 0 Å². The molecule has 0 radical (unpaired) electrons. The molecule has 0 unspecified atom stereocenters. The fourth-order valence-electron chi connectivity index (χ4n) is 1.78. The van der Waals surface area contributed by atoms with Gasteiger partial charge in [0.05, 0.1) is 19.8 Å². The van der Waals surface area contributed by atoms with Gasteiger partial charge in [0, 0.05) is 25.9 Å². The molecule has 0 atom stereocenters. The summed E-state index contributed by atoms with van der Waals surface area (Å²) < 4.78 is 15.9. The Balaban J connectivity index is 2.26. The lowest BCUT2D eigenvalue weighted by Gasteiger charge is -2.09. The molecular formula is C15H24N2O4. The highest BCUT2D eigenvalue weighted by Gasteiger charge is 2.03.